The number of fused-ring (bicyclic) bond motifs is 1. The molecule has 32 heavy (non-hydrogen) atoms. The molecule has 168 valence electrons. The lowest BCUT2D eigenvalue weighted by molar-refractivity contribution is -0.142. The van der Waals surface area contributed by atoms with E-state index < -0.39 is 25.8 Å². The number of aromatic nitrogens is 5. The van der Waals surface area contributed by atoms with Gasteiger partial charge in [-0.05, 0) is 25.1 Å². The van der Waals surface area contributed by atoms with Gasteiger partial charge in [-0.25, -0.2) is 13.8 Å². The Bertz CT molecular complexity index is 1270. The van der Waals surface area contributed by atoms with Crippen LogP contribution < -0.4 is 4.74 Å². The number of alkyl halides is 5. The average Bonchev–Trinajstić information content (AvgIpc) is 3.29. The highest BCUT2D eigenvalue weighted by Gasteiger charge is 2.28. The molecule has 0 fully saturated rings. The second-order valence-corrected chi connectivity index (χ2v) is 6.97. The van der Waals surface area contributed by atoms with Crippen molar-refractivity contribution in [3.8, 4) is 28.6 Å². The third kappa shape index (κ3) is 4.48. The number of nitrogens with zero attached hydrogens (tertiary/aromatic N) is 5. The summed E-state index contributed by atoms with van der Waals surface area (Å²) in [7, 11) is 0. The summed E-state index contributed by atoms with van der Waals surface area (Å²) in [5.74, 6) is -0.0178. The van der Waals surface area contributed by atoms with Crippen molar-refractivity contribution in [1.29, 1.82) is 0 Å². The third-order valence-electron chi connectivity index (χ3n) is 4.59. The second-order valence-electron chi connectivity index (χ2n) is 6.97. The Balaban J connectivity index is 1.67. The molecule has 0 atom stereocenters. The van der Waals surface area contributed by atoms with Gasteiger partial charge in [0.2, 0.25) is 5.88 Å². The molecule has 0 aliphatic heterocycles. The van der Waals surface area contributed by atoms with Crippen molar-refractivity contribution in [3.05, 3.63) is 48.7 Å². The Kier molecular flexibility index (Phi) is 5.45. The molecule has 0 bridgehead atoms. The van der Waals surface area contributed by atoms with Crippen molar-refractivity contribution in [1.82, 2.24) is 24.3 Å². The number of halogens is 5. The van der Waals surface area contributed by atoms with E-state index in [9.17, 15) is 27.1 Å². The summed E-state index contributed by atoms with van der Waals surface area (Å²) in [5, 5.41) is 14.5. The van der Waals surface area contributed by atoms with Crippen molar-refractivity contribution in [3.63, 3.8) is 0 Å². The van der Waals surface area contributed by atoms with Gasteiger partial charge in [-0.1, -0.05) is 0 Å². The fraction of sp³-hybridized carbons (Fsp3) is 0.250. The van der Waals surface area contributed by atoms with Gasteiger partial charge in [0, 0.05) is 24.2 Å². The molecule has 1 N–H and O–H groups in total. The summed E-state index contributed by atoms with van der Waals surface area (Å²) >= 11 is 0. The molecule has 0 aliphatic rings. The number of aryl methyl sites for hydroxylation is 1. The largest absolute Gasteiger partial charge is 0.494 e. The molecule has 4 heterocycles. The zero-order valence-corrected chi connectivity index (χ0v) is 16.5. The number of hydrogen-bond acceptors (Lipinski definition) is 5. The minimum Gasteiger partial charge on any atom is -0.494 e. The molecule has 0 aliphatic carbocycles. The molecule has 4 aromatic rings. The van der Waals surface area contributed by atoms with Gasteiger partial charge in [-0.15, -0.1) is 0 Å². The Labute approximate surface area is 177 Å². The average molecular weight is 453 g/mol. The third-order valence-corrected chi connectivity index (χ3v) is 4.59. The Morgan fingerprint density at radius 3 is 2.66 bits per heavy atom. The second kappa shape index (κ2) is 8.09. The van der Waals surface area contributed by atoms with Crippen molar-refractivity contribution >= 4 is 10.9 Å². The minimum atomic E-state index is -4.43. The molecular weight excluding hydrogens is 437 g/mol. The van der Waals surface area contributed by atoms with Crippen LogP contribution in [0.15, 0.2) is 43.0 Å². The monoisotopic (exact) mass is 453 g/mol. The first kappa shape index (κ1) is 21.5. The molecular formula is C20H16F5N5O2. The predicted molar refractivity (Wildman–Crippen MR) is 104 cm³/mol. The van der Waals surface area contributed by atoms with Gasteiger partial charge in [0.15, 0.2) is 0 Å². The van der Waals surface area contributed by atoms with Crippen LogP contribution >= 0.6 is 0 Å². The lowest BCUT2D eigenvalue weighted by Gasteiger charge is -2.09. The maximum absolute atomic E-state index is 12.6. The van der Waals surface area contributed by atoms with Crippen LogP contribution in [0, 0.1) is 6.92 Å². The summed E-state index contributed by atoms with van der Waals surface area (Å²) in [6.07, 6.45) is -1.74. The van der Waals surface area contributed by atoms with E-state index >= 15 is 0 Å². The lowest BCUT2D eigenvalue weighted by atomic mass is 10.1. The quantitative estimate of drug-likeness (QED) is 0.435. The van der Waals surface area contributed by atoms with Crippen molar-refractivity contribution < 1.29 is 31.8 Å². The van der Waals surface area contributed by atoms with E-state index in [1.54, 1.807) is 19.1 Å². The van der Waals surface area contributed by atoms with Gasteiger partial charge >= 0.3 is 6.18 Å². The zero-order chi connectivity index (χ0) is 23.0. The molecule has 0 spiro atoms. The molecule has 12 heteroatoms. The summed E-state index contributed by atoms with van der Waals surface area (Å²) in [4.78, 5) is 8.60. The van der Waals surface area contributed by atoms with Crippen molar-refractivity contribution in [2.75, 3.05) is 6.61 Å². The molecule has 0 radical (unpaired) electrons. The molecule has 0 aromatic carbocycles. The van der Waals surface area contributed by atoms with Crippen LogP contribution in [0.25, 0.3) is 27.8 Å². The van der Waals surface area contributed by atoms with E-state index in [-0.39, 0.29) is 17.3 Å². The van der Waals surface area contributed by atoms with E-state index in [1.165, 1.54) is 29.2 Å². The molecule has 0 saturated carbocycles. The van der Waals surface area contributed by atoms with Crippen LogP contribution in [0.5, 0.6) is 11.6 Å². The SMILES string of the molecule is Cc1ncc(-c2ccc3c(O)n(-c4cnn(CC(F)(F)F)c4)cc3n2)cc1OCC(F)F. The zero-order valence-electron chi connectivity index (χ0n) is 16.5. The maximum atomic E-state index is 12.6. The van der Waals surface area contributed by atoms with Gasteiger partial charge in [0.05, 0.1) is 34.2 Å². The highest BCUT2D eigenvalue weighted by molar-refractivity contribution is 5.87. The Morgan fingerprint density at radius 2 is 1.94 bits per heavy atom. The number of pyridine rings is 2. The first-order valence-corrected chi connectivity index (χ1v) is 9.29. The van der Waals surface area contributed by atoms with Crippen molar-refractivity contribution in [2.24, 2.45) is 0 Å². The number of hydrogen-bond donors (Lipinski definition) is 1. The van der Waals surface area contributed by atoms with E-state index in [0.717, 1.165) is 10.9 Å². The molecule has 0 amide bonds. The van der Waals surface area contributed by atoms with Gasteiger partial charge in [-0.2, -0.15) is 18.3 Å². The topological polar surface area (TPSA) is 78.0 Å². The molecule has 0 unspecified atom stereocenters. The first-order valence-electron chi connectivity index (χ1n) is 9.29. The number of rotatable bonds is 6. The summed E-state index contributed by atoms with van der Waals surface area (Å²) in [5.41, 5.74) is 1.98. The number of aromatic hydroxyl groups is 1. The van der Waals surface area contributed by atoms with Crippen LogP contribution in [0.2, 0.25) is 0 Å². The fourth-order valence-corrected chi connectivity index (χ4v) is 3.13. The standard InChI is InChI=1S/C20H16F5N5O2/c1-11-17(32-9-18(21)22)4-12(5-26-11)15-3-2-14-16(28-15)8-30(19(14)31)13-6-27-29(7-13)10-20(23,24)25/h2-8,18,31H,9-10H2,1H3. The summed E-state index contributed by atoms with van der Waals surface area (Å²) in [6.45, 7) is -0.400. The minimum absolute atomic E-state index is 0.196. The first-order chi connectivity index (χ1) is 15.1. The Hall–Kier alpha value is -3.70. The normalized spacial score (nSPS) is 12.1. The van der Waals surface area contributed by atoms with E-state index in [2.05, 4.69) is 15.1 Å². The van der Waals surface area contributed by atoms with Gasteiger partial charge in [0.1, 0.15) is 18.9 Å². The number of ether oxygens (including phenoxy) is 1. The smallest absolute Gasteiger partial charge is 0.408 e. The van der Waals surface area contributed by atoms with Gasteiger partial charge in [0.25, 0.3) is 6.43 Å². The Morgan fingerprint density at radius 1 is 1.16 bits per heavy atom. The van der Waals surface area contributed by atoms with Gasteiger partial charge < -0.3 is 9.84 Å². The summed E-state index contributed by atoms with van der Waals surface area (Å²) < 4.78 is 69.7. The van der Waals surface area contributed by atoms with Crippen LogP contribution in [0.4, 0.5) is 22.0 Å². The van der Waals surface area contributed by atoms with Crippen LogP contribution in [0.1, 0.15) is 5.69 Å². The highest BCUT2D eigenvalue weighted by atomic mass is 19.4. The predicted octanol–water partition coefficient (Wildman–Crippen LogP) is 4.50. The van der Waals surface area contributed by atoms with E-state index in [0.29, 0.717) is 27.9 Å². The molecule has 4 rings (SSSR count). The highest BCUT2D eigenvalue weighted by Crippen LogP contribution is 2.32. The van der Waals surface area contributed by atoms with Crippen LogP contribution in [0.3, 0.4) is 0 Å². The van der Waals surface area contributed by atoms with Gasteiger partial charge in [-0.3, -0.25) is 14.2 Å². The molecule has 7 nitrogen and oxygen atoms in total. The molecule has 4 aromatic heterocycles. The van der Waals surface area contributed by atoms with E-state index in [4.69, 9.17) is 4.74 Å². The maximum Gasteiger partial charge on any atom is 0.408 e. The summed E-state index contributed by atoms with van der Waals surface area (Å²) in [6, 6.07) is 4.72. The fourth-order valence-electron chi connectivity index (χ4n) is 3.13. The van der Waals surface area contributed by atoms with E-state index in [1.807, 2.05) is 0 Å². The lowest BCUT2D eigenvalue weighted by Crippen LogP contribution is -2.17. The van der Waals surface area contributed by atoms with Crippen LogP contribution in [-0.2, 0) is 6.54 Å². The molecule has 0 saturated heterocycles. The van der Waals surface area contributed by atoms with Crippen LogP contribution in [-0.4, -0.2) is 48.6 Å². The van der Waals surface area contributed by atoms with Crippen molar-refractivity contribution in [2.45, 2.75) is 26.1 Å².